The lowest BCUT2D eigenvalue weighted by molar-refractivity contribution is 0.768. The van der Waals surface area contributed by atoms with Crippen LogP contribution in [0.2, 0.25) is 5.02 Å². The van der Waals surface area contributed by atoms with Gasteiger partial charge in [0, 0.05) is 5.56 Å². The Bertz CT molecular complexity index is 1000. The van der Waals surface area contributed by atoms with Crippen molar-refractivity contribution in [3.05, 3.63) is 78.6 Å². The number of benzene rings is 1. The maximum Gasteiger partial charge on any atom is 0.293 e. The Kier molecular flexibility index (Phi) is 3.08. The van der Waals surface area contributed by atoms with Crippen LogP contribution in [0, 0.1) is 25.7 Å². The average Bonchev–Trinajstić information content (AvgIpc) is 2.87. The Labute approximate surface area is 125 Å². The third kappa shape index (κ3) is 1.94. The van der Waals surface area contributed by atoms with Crippen molar-refractivity contribution in [3.63, 3.8) is 0 Å². The molecule has 0 unspecified atom stereocenters. The second-order valence-electron chi connectivity index (χ2n) is 4.71. The van der Waals surface area contributed by atoms with Crippen molar-refractivity contribution >= 4 is 11.6 Å². The molecular weight excluding hydrogens is 288 g/mol. The van der Waals surface area contributed by atoms with Gasteiger partial charge < -0.3 is 0 Å². The van der Waals surface area contributed by atoms with Crippen LogP contribution in [0.4, 0.5) is 0 Å². The summed E-state index contributed by atoms with van der Waals surface area (Å²) in [6, 6.07) is 9.36. The Hall–Kier alpha value is -2.51. The van der Waals surface area contributed by atoms with E-state index < -0.39 is 11.1 Å². The van der Waals surface area contributed by atoms with Gasteiger partial charge >= 0.3 is 0 Å². The highest BCUT2D eigenvalue weighted by Gasteiger charge is 2.19. The third-order valence-corrected chi connectivity index (χ3v) is 3.84. The fourth-order valence-electron chi connectivity index (χ4n) is 2.33. The standard InChI is InChI=1S/C16H11ClN2O2/c1-10-13(9-8-12-6-4-3-5-7-12)15(20)19-16(21)14(17)11(2)18(10)19/h3-7H,1-2H3. The highest BCUT2D eigenvalue weighted by Crippen LogP contribution is 2.13. The molecule has 0 saturated carbocycles. The average molecular weight is 299 g/mol. The summed E-state index contributed by atoms with van der Waals surface area (Å²) < 4.78 is 2.55. The van der Waals surface area contributed by atoms with Gasteiger partial charge in [-0.25, -0.2) is 4.52 Å². The number of aryl methyl sites for hydroxylation is 2. The van der Waals surface area contributed by atoms with Crippen molar-refractivity contribution in [3.8, 4) is 11.8 Å². The number of halogens is 1. The number of fused-ring (bicyclic) bond motifs is 1. The molecule has 0 fully saturated rings. The number of rotatable bonds is 0. The first-order valence-corrected chi connectivity index (χ1v) is 6.73. The molecule has 0 saturated heterocycles. The van der Waals surface area contributed by atoms with Crippen molar-refractivity contribution in [2.24, 2.45) is 0 Å². The minimum atomic E-state index is -0.505. The van der Waals surface area contributed by atoms with Crippen LogP contribution in [0.3, 0.4) is 0 Å². The number of hydrogen-bond donors (Lipinski definition) is 0. The van der Waals surface area contributed by atoms with Gasteiger partial charge in [0.2, 0.25) is 0 Å². The molecule has 0 atom stereocenters. The second-order valence-corrected chi connectivity index (χ2v) is 5.09. The van der Waals surface area contributed by atoms with E-state index in [0.29, 0.717) is 17.0 Å². The smallest absolute Gasteiger partial charge is 0.266 e. The summed E-state index contributed by atoms with van der Waals surface area (Å²) in [6.07, 6.45) is 0. The highest BCUT2D eigenvalue weighted by molar-refractivity contribution is 6.31. The number of nitrogens with zero attached hydrogens (tertiary/aromatic N) is 2. The molecule has 0 aliphatic carbocycles. The highest BCUT2D eigenvalue weighted by atomic mass is 35.5. The molecule has 104 valence electrons. The molecule has 3 rings (SSSR count). The van der Waals surface area contributed by atoms with Crippen LogP contribution in [0.5, 0.6) is 0 Å². The lowest BCUT2D eigenvalue weighted by Gasteiger charge is -1.94. The van der Waals surface area contributed by atoms with E-state index in [2.05, 4.69) is 11.8 Å². The molecule has 2 heterocycles. The Morgan fingerprint density at radius 1 is 0.905 bits per heavy atom. The van der Waals surface area contributed by atoms with Gasteiger partial charge in [0.1, 0.15) is 10.6 Å². The van der Waals surface area contributed by atoms with Crippen LogP contribution in [0.15, 0.2) is 39.9 Å². The van der Waals surface area contributed by atoms with Crippen LogP contribution in [-0.4, -0.2) is 9.03 Å². The molecular formula is C16H11ClN2O2. The maximum absolute atomic E-state index is 12.3. The number of aromatic nitrogens is 2. The molecule has 0 bridgehead atoms. The molecule has 0 amide bonds. The molecule has 21 heavy (non-hydrogen) atoms. The Morgan fingerprint density at radius 2 is 1.57 bits per heavy atom. The molecule has 0 spiro atoms. The molecule has 0 radical (unpaired) electrons. The van der Waals surface area contributed by atoms with E-state index in [4.69, 9.17) is 11.6 Å². The van der Waals surface area contributed by atoms with Crippen LogP contribution in [0.25, 0.3) is 0 Å². The van der Waals surface area contributed by atoms with Gasteiger partial charge in [0.05, 0.1) is 11.4 Å². The van der Waals surface area contributed by atoms with Crippen molar-refractivity contribution < 1.29 is 0 Å². The summed E-state index contributed by atoms with van der Waals surface area (Å²) in [6.45, 7) is 3.45. The fraction of sp³-hybridized carbons (Fsp3) is 0.125. The zero-order valence-electron chi connectivity index (χ0n) is 11.5. The predicted molar refractivity (Wildman–Crippen MR) is 81.5 cm³/mol. The summed E-state index contributed by atoms with van der Waals surface area (Å²) in [5.74, 6) is 5.80. The lowest BCUT2D eigenvalue weighted by atomic mass is 10.2. The first kappa shape index (κ1) is 13.5. The summed E-state index contributed by atoms with van der Waals surface area (Å²) in [4.78, 5) is 24.3. The number of hydrogen-bond acceptors (Lipinski definition) is 2. The molecule has 3 aromatic rings. The summed E-state index contributed by atoms with van der Waals surface area (Å²) >= 11 is 5.90. The zero-order valence-corrected chi connectivity index (χ0v) is 12.2. The minimum absolute atomic E-state index is 0.0674. The predicted octanol–water partition coefficient (Wildman–Crippen LogP) is 1.87. The molecule has 0 aliphatic rings. The normalized spacial score (nSPS) is 10.6. The van der Waals surface area contributed by atoms with Crippen molar-refractivity contribution in [1.29, 1.82) is 0 Å². The largest absolute Gasteiger partial charge is 0.293 e. The van der Waals surface area contributed by atoms with Crippen LogP contribution >= 0.6 is 11.6 Å². The second kappa shape index (κ2) is 4.80. The zero-order chi connectivity index (χ0) is 15.1. The van der Waals surface area contributed by atoms with E-state index in [0.717, 1.165) is 10.1 Å². The monoisotopic (exact) mass is 298 g/mol. The van der Waals surface area contributed by atoms with Crippen LogP contribution < -0.4 is 11.1 Å². The van der Waals surface area contributed by atoms with Gasteiger partial charge in [-0.05, 0) is 26.0 Å². The first-order chi connectivity index (χ1) is 10.0. The van der Waals surface area contributed by atoms with Crippen LogP contribution in [-0.2, 0) is 0 Å². The molecule has 5 heteroatoms. The summed E-state index contributed by atoms with van der Waals surface area (Å²) in [5, 5.41) is 0.0674. The van der Waals surface area contributed by atoms with Crippen LogP contribution in [0.1, 0.15) is 22.5 Å². The van der Waals surface area contributed by atoms with Gasteiger partial charge in [-0.2, -0.15) is 4.52 Å². The van der Waals surface area contributed by atoms with E-state index in [9.17, 15) is 9.59 Å². The summed E-state index contributed by atoms with van der Waals surface area (Å²) in [5.41, 5.74) is 1.35. The molecule has 2 aromatic heterocycles. The van der Waals surface area contributed by atoms with E-state index in [1.54, 1.807) is 13.8 Å². The molecule has 0 N–H and O–H groups in total. The van der Waals surface area contributed by atoms with Crippen molar-refractivity contribution in [2.75, 3.05) is 0 Å². The third-order valence-electron chi connectivity index (χ3n) is 3.41. The lowest BCUT2D eigenvalue weighted by Crippen LogP contribution is -2.22. The summed E-state index contributed by atoms with van der Waals surface area (Å²) in [7, 11) is 0. The van der Waals surface area contributed by atoms with E-state index in [-0.39, 0.29) is 5.02 Å². The molecule has 0 aliphatic heterocycles. The van der Waals surface area contributed by atoms with Gasteiger partial charge in [0.25, 0.3) is 11.1 Å². The van der Waals surface area contributed by atoms with Gasteiger partial charge in [-0.1, -0.05) is 41.6 Å². The van der Waals surface area contributed by atoms with Gasteiger partial charge in [0.15, 0.2) is 0 Å². The van der Waals surface area contributed by atoms with Gasteiger partial charge in [-0.3, -0.25) is 9.59 Å². The minimum Gasteiger partial charge on any atom is -0.266 e. The maximum atomic E-state index is 12.3. The fourth-order valence-corrected chi connectivity index (χ4v) is 2.49. The SMILES string of the molecule is Cc1c(Cl)c(=O)n2c(=O)c(C#Cc3ccccc3)c(C)n12. The molecule has 1 aromatic carbocycles. The van der Waals surface area contributed by atoms with Crippen molar-refractivity contribution in [1.82, 2.24) is 9.03 Å². The quantitative estimate of drug-likeness (QED) is 0.595. The van der Waals surface area contributed by atoms with Gasteiger partial charge in [-0.15, -0.1) is 0 Å². The Balaban J connectivity index is 2.27. The van der Waals surface area contributed by atoms with E-state index in [1.807, 2.05) is 30.3 Å². The first-order valence-electron chi connectivity index (χ1n) is 6.35. The Morgan fingerprint density at radius 3 is 2.19 bits per heavy atom. The molecule has 4 nitrogen and oxygen atoms in total. The van der Waals surface area contributed by atoms with E-state index in [1.165, 1.54) is 4.52 Å². The topological polar surface area (TPSA) is 43.0 Å². The van der Waals surface area contributed by atoms with Crippen molar-refractivity contribution in [2.45, 2.75) is 13.8 Å². The van der Waals surface area contributed by atoms with E-state index >= 15 is 0 Å².